The van der Waals surface area contributed by atoms with Crippen molar-refractivity contribution < 1.29 is 8.78 Å². The molecule has 0 fully saturated rings. The van der Waals surface area contributed by atoms with Gasteiger partial charge in [0.05, 0.1) is 0 Å². The average Bonchev–Trinajstić information content (AvgIpc) is 2.43. The molecule has 0 saturated carbocycles. The molecule has 5 heteroatoms. The third-order valence-corrected chi connectivity index (χ3v) is 3.86. The maximum absolute atomic E-state index is 13.6. The summed E-state index contributed by atoms with van der Waals surface area (Å²) in [5.41, 5.74) is 1.09. The molecule has 20 heavy (non-hydrogen) atoms. The first kappa shape index (κ1) is 14.9. The molecule has 2 nitrogen and oxygen atoms in total. The van der Waals surface area contributed by atoms with E-state index in [1.165, 1.54) is 23.9 Å². The molecule has 1 heterocycles. The molecule has 1 aromatic carbocycles. The lowest BCUT2D eigenvalue weighted by molar-refractivity contribution is 0.565. The first-order chi connectivity index (χ1) is 9.60. The van der Waals surface area contributed by atoms with Crippen LogP contribution in [0.1, 0.15) is 25.5 Å². The van der Waals surface area contributed by atoms with Crippen LogP contribution in [0.15, 0.2) is 46.5 Å². The summed E-state index contributed by atoms with van der Waals surface area (Å²) < 4.78 is 26.5. The van der Waals surface area contributed by atoms with E-state index in [4.69, 9.17) is 0 Å². The van der Waals surface area contributed by atoms with E-state index in [0.717, 1.165) is 18.2 Å². The summed E-state index contributed by atoms with van der Waals surface area (Å²) in [7, 11) is 0. The third kappa shape index (κ3) is 3.77. The smallest absolute Gasteiger partial charge is 0.140 e. The van der Waals surface area contributed by atoms with Crippen molar-refractivity contribution in [2.75, 3.05) is 6.54 Å². The molecule has 1 atom stereocenters. The van der Waals surface area contributed by atoms with E-state index in [-0.39, 0.29) is 6.04 Å². The van der Waals surface area contributed by atoms with Gasteiger partial charge in [0.1, 0.15) is 16.7 Å². The summed E-state index contributed by atoms with van der Waals surface area (Å²) in [4.78, 5) is 4.58. The van der Waals surface area contributed by atoms with Crippen LogP contribution in [0.2, 0.25) is 0 Å². The second-order valence-electron chi connectivity index (χ2n) is 4.38. The molecule has 106 valence electrons. The maximum Gasteiger partial charge on any atom is 0.140 e. The van der Waals surface area contributed by atoms with E-state index in [1.54, 1.807) is 6.20 Å². The van der Waals surface area contributed by atoms with Crippen molar-refractivity contribution in [2.45, 2.75) is 29.8 Å². The Morgan fingerprint density at radius 3 is 2.75 bits per heavy atom. The summed E-state index contributed by atoms with van der Waals surface area (Å²) in [5.74, 6) is -1.14. The SMILES string of the molecule is CCNC(C)c1ccnc(Sc2ccc(F)cc2F)c1. The molecule has 0 spiro atoms. The standard InChI is InChI=1S/C15H16F2N2S/c1-3-18-10(2)11-6-7-19-15(8-11)20-14-5-4-12(16)9-13(14)17/h4-10,18H,3H2,1-2H3. The van der Waals surface area contributed by atoms with Gasteiger partial charge in [-0.1, -0.05) is 18.7 Å². The predicted molar refractivity (Wildman–Crippen MR) is 76.8 cm³/mol. The minimum absolute atomic E-state index is 0.209. The zero-order valence-corrected chi connectivity index (χ0v) is 12.2. The second-order valence-corrected chi connectivity index (χ2v) is 5.45. The fourth-order valence-electron chi connectivity index (χ4n) is 1.84. The summed E-state index contributed by atoms with van der Waals surface area (Å²) in [6.07, 6.45) is 1.70. The van der Waals surface area contributed by atoms with E-state index in [2.05, 4.69) is 17.2 Å². The molecule has 0 saturated heterocycles. The van der Waals surface area contributed by atoms with Gasteiger partial charge in [-0.25, -0.2) is 13.8 Å². The molecule has 1 aromatic heterocycles. The number of nitrogens with one attached hydrogen (secondary N) is 1. The quantitative estimate of drug-likeness (QED) is 0.895. The van der Waals surface area contributed by atoms with Gasteiger partial charge in [0.15, 0.2) is 0 Å². The largest absolute Gasteiger partial charge is 0.310 e. The van der Waals surface area contributed by atoms with E-state index >= 15 is 0 Å². The number of benzene rings is 1. The number of hydrogen-bond donors (Lipinski definition) is 1. The van der Waals surface area contributed by atoms with E-state index < -0.39 is 11.6 Å². The fourth-order valence-corrected chi connectivity index (χ4v) is 2.67. The number of aromatic nitrogens is 1. The zero-order valence-electron chi connectivity index (χ0n) is 11.4. The average molecular weight is 294 g/mol. The summed E-state index contributed by atoms with van der Waals surface area (Å²) in [5, 5.41) is 4.00. The van der Waals surface area contributed by atoms with Gasteiger partial charge >= 0.3 is 0 Å². The van der Waals surface area contributed by atoms with Crippen LogP contribution < -0.4 is 5.32 Å². The first-order valence-corrected chi connectivity index (χ1v) is 7.24. The van der Waals surface area contributed by atoms with Crippen LogP contribution in [0.25, 0.3) is 0 Å². The number of halogens is 2. The molecule has 1 N–H and O–H groups in total. The van der Waals surface area contributed by atoms with Crippen LogP contribution in [-0.2, 0) is 0 Å². The monoisotopic (exact) mass is 294 g/mol. The number of nitrogens with zero attached hydrogens (tertiary/aromatic N) is 1. The second kappa shape index (κ2) is 6.81. The topological polar surface area (TPSA) is 24.9 Å². The molecule has 2 aromatic rings. The Labute approximate surface area is 121 Å². The van der Waals surface area contributed by atoms with Gasteiger partial charge in [0, 0.05) is 23.2 Å². The number of hydrogen-bond acceptors (Lipinski definition) is 3. The Balaban J connectivity index is 2.19. The summed E-state index contributed by atoms with van der Waals surface area (Å²) in [6.45, 7) is 4.98. The zero-order chi connectivity index (χ0) is 14.5. The molecule has 1 unspecified atom stereocenters. The summed E-state index contributed by atoms with van der Waals surface area (Å²) in [6, 6.07) is 7.61. The highest BCUT2D eigenvalue weighted by atomic mass is 32.2. The molecule has 0 radical (unpaired) electrons. The van der Waals surface area contributed by atoms with Gasteiger partial charge in [0.25, 0.3) is 0 Å². The Kier molecular flexibility index (Phi) is 5.09. The Hall–Kier alpha value is -1.46. The van der Waals surface area contributed by atoms with Crippen LogP contribution in [0.5, 0.6) is 0 Å². The van der Waals surface area contributed by atoms with Crippen molar-refractivity contribution in [2.24, 2.45) is 0 Å². The van der Waals surface area contributed by atoms with Gasteiger partial charge in [-0.2, -0.15) is 0 Å². The Morgan fingerprint density at radius 1 is 1.25 bits per heavy atom. The highest BCUT2D eigenvalue weighted by Crippen LogP contribution is 2.29. The van der Waals surface area contributed by atoms with Gasteiger partial charge < -0.3 is 5.32 Å². The van der Waals surface area contributed by atoms with Crippen LogP contribution in [0, 0.1) is 11.6 Å². The molecule has 0 aliphatic carbocycles. The molecule has 2 rings (SSSR count). The number of pyridine rings is 1. The third-order valence-electron chi connectivity index (χ3n) is 2.88. The van der Waals surface area contributed by atoms with E-state index in [9.17, 15) is 8.78 Å². The number of rotatable bonds is 5. The highest BCUT2D eigenvalue weighted by Gasteiger charge is 2.09. The highest BCUT2D eigenvalue weighted by molar-refractivity contribution is 7.99. The normalized spacial score (nSPS) is 12.4. The first-order valence-electron chi connectivity index (χ1n) is 6.42. The van der Waals surface area contributed by atoms with E-state index in [1.807, 2.05) is 19.1 Å². The molecular weight excluding hydrogens is 278 g/mol. The predicted octanol–water partition coefficient (Wildman–Crippen LogP) is 4.18. The van der Waals surface area contributed by atoms with E-state index in [0.29, 0.717) is 9.92 Å². The van der Waals surface area contributed by atoms with Crippen LogP contribution >= 0.6 is 11.8 Å². The molecule has 0 bridgehead atoms. The fraction of sp³-hybridized carbons (Fsp3) is 0.267. The van der Waals surface area contributed by atoms with Crippen molar-refractivity contribution in [3.05, 3.63) is 53.7 Å². The minimum Gasteiger partial charge on any atom is -0.310 e. The van der Waals surface area contributed by atoms with Gasteiger partial charge in [-0.15, -0.1) is 0 Å². The van der Waals surface area contributed by atoms with Crippen LogP contribution in [-0.4, -0.2) is 11.5 Å². The van der Waals surface area contributed by atoms with Crippen LogP contribution in [0.4, 0.5) is 8.78 Å². The van der Waals surface area contributed by atoms with Crippen LogP contribution in [0.3, 0.4) is 0 Å². The van der Waals surface area contributed by atoms with Crippen molar-refractivity contribution in [1.29, 1.82) is 0 Å². The van der Waals surface area contributed by atoms with Crippen molar-refractivity contribution in [3.63, 3.8) is 0 Å². The van der Waals surface area contributed by atoms with Crippen molar-refractivity contribution >= 4 is 11.8 Å². The van der Waals surface area contributed by atoms with Gasteiger partial charge in [0.2, 0.25) is 0 Å². The molecular formula is C15H16F2N2S. The minimum atomic E-state index is -0.575. The summed E-state index contributed by atoms with van der Waals surface area (Å²) >= 11 is 1.19. The molecule has 0 aliphatic rings. The lowest BCUT2D eigenvalue weighted by atomic mass is 10.1. The lowest BCUT2D eigenvalue weighted by Crippen LogP contribution is -2.17. The Bertz CT molecular complexity index is 590. The maximum atomic E-state index is 13.6. The lowest BCUT2D eigenvalue weighted by Gasteiger charge is -2.13. The molecule has 0 amide bonds. The van der Waals surface area contributed by atoms with Gasteiger partial charge in [-0.05, 0) is 43.3 Å². The molecule has 0 aliphatic heterocycles. The van der Waals surface area contributed by atoms with Crippen molar-refractivity contribution in [3.8, 4) is 0 Å². The van der Waals surface area contributed by atoms with Gasteiger partial charge in [-0.3, -0.25) is 0 Å². The Morgan fingerprint density at radius 2 is 2.05 bits per heavy atom. The van der Waals surface area contributed by atoms with Crippen molar-refractivity contribution in [1.82, 2.24) is 10.3 Å².